The summed E-state index contributed by atoms with van der Waals surface area (Å²) in [5.41, 5.74) is 0.772. The van der Waals surface area contributed by atoms with Gasteiger partial charge in [-0.2, -0.15) is 4.98 Å². The number of aromatic nitrogens is 2. The molecule has 0 saturated carbocycles. The fourth-order valence-electron chi connectivity index (χ4n) is 2.51. The van der Waals surface area contributed by atoms with Crippen molar-refractivity contribution in [2.45, 2.75) is 19.4 Å². The molecule has 0 spiro atoms. The third-order valence-corrected chi connectivity index (χ3v) is 4.10. The maximum Gasteiger partial charge on any atom is 0.241 e. The summed E-state index contributed by atoms with van der Waals surface area (Å²) < 4.78 is 5.30. The largest absolute Gasteiger partial charge is 0.338 e. The maximum absolute atomic E-state index is 10.7. The molecule has 0 atom stereocenters. The van der Waals surface area contributed by atoms with Crippen molar-refractivity contribution in [2.24, 2.45) is 5.92 Å². The van der Waals surface area contributed by atoms with Crippen LogP contribution in [0.5, 0.6) is 0 Å². The van der Waals surface area contributed by atoms with Crippen LogP contribution >= 0.6 is 11.6 Å². The van der Waals surface area contributed by atoms with Crippen molar-refractivity contribution >= 4 is 17.9 Å². The molecule has 3 rings (SSSR count). The molecule has 1 saturated heterocycles. The maximum atomic E-state index is 10.7. The van der Waals surface area contributed by atoms with Crippen LogP contribution in [-0.2, 0) is 11.3 Å². The van der Waals surface area contributed by atoms with Gasteiger partial charge < -0.3 is 9.32 Å². The molecular formula is C15H16ClN3O2. The van der Waals surface area contributed by atoms with Crippen LogP contribution in [0.25, 0.3) is 11.4 Å². The Labute approximate surface area is 127 Å². The number of piperidine rings is 1. The Balaban J connectivity index is 1.66. The van der Waals surface area contributed by atoms with Gasteiger partial charge in [0.25, 0.3) is 0 Å². The second kappa shape index (κ2) is 6.37. The third-order valence-electron chi connectivity index (χ3n) is 3.77. The van der Waals surface area contributed by atoms with Crippen molar-refractivity contribution in [1.29, 1.82) is 0 Å². The Kier molecular flexibility index (Phi) is 4.31. The lowest BCUT2D eigenvalue weighted by atomic mass is 9.99. The van der Waals surface area contributed by atoms with Crippen molar-refractivity contribution in [3.63, 3.8) is 0 Å². The highest BCUT2D eigenvalue weighted by molar-refractivity contribution is 6.33. The Morgan fingerprint density at radius 1 is 1.33 bits per heavy atom. The van der Waals surface area contributed by atoms with Gasteiger partial charge in [0.2, 0.25) is 11.7 Å². The fourth-order valence-corrected chi connectivity index (χ4v) is 2.73. The summed E-state index contributed by atoms with van der Waals surface area (Å²) in [7, 11) is 0. The molecule has 0 amide bonds. The van der Waals surface area contributed by atoms with Gasteiger partial charge in [0.1, 0.15) is 6.29 Å². The van der Waals surface area contributed by atoms with Crippen LogP contribution in [0.3, 0.4) is 0 Å². The number of nitrogens with zero attached hydrogens (tertiary/aromatic N) is 3. The van der Waals surface area contributed by atoms with Crippen LogP contribution in [0, 0.1) is 5.92 Å². The van der Waals surface area contributed by atoms with Crippen molar-refractivity contribution in [2.75, 3.05) is 13.1 Å². The number of hydrogen-bond acceptors (Lipinski definition) is 5. The lowest BCUT2D eigenvalue weighted by Gasteiger charge is -2.27. The number of halogens is 1. The topological polar surface area (TPSA) is 59.2 Å². The van der Waals surface area contributed by atoms with Gasteiger partial charge in [-0.1, -0.05) is 28.9 Å². The first-order valence-corrected chi connectivity index (χ1v) is 7.39. The average Bonchev–Trinajstić information content (AvgIpc) is 2.97. The summed E-state index contributed by atoms with van der Waals surface area (Å²) in [4.78, 5) is 17.4. The highest BCUT2D eigenvalue weighted by Gasteiger charge is 2.20. The second-order valence-corrected chi connectivity index (χ2v) is 5.65. The van der Waals surface area contributed by atoms with E-state index in [2.05, 4.69) is 15.0 Å². The number of aldehydes is 1. The van der Waals surface area contributed by atoms with Crippen LogP contribution < -0.4 is 0 Å². The van der Waals surface area contributed by atoms with Crippen LogP contribution in [0.2, 0.25) is 5.02 Å². The van der Waals surface area contributed by atoms with Crippen LogP contribution in [-0.4, -0.2) is 34.4 Å². The number of rotatable bonds is 4. The lowest BCUT2D eigenvalue weighted by molar-refractivity contribution is -0.112. The van der Waals surface area contributed by atoms with E-state index in [1.807, 2.05) is 18.2 Å². The molecule has 2 aromatic rings. The van der Waals surface area contributed by atoms with E-state index < -0.39 is 0 Å². The van der Waals surface area contributed by atoms with Gasteiger partial charge >= 0.3 is 0 Å². The fraction of sp³-hybridized carbons (Fsp3) is 0.400. The Morgan fingerprint density at radius 2 is 2.10 bits per heavy atom. The summed E-state index contributed by atoms with van der Waals surface area (Å²) in [6.45, 7) is 2.38. The van der Waals surface area contributed by atoms with E-state index in [1.54, 1.807) is 6.07 Å². The summed E-state index contributed by atoms with van der Waals surface area (Å²) in [6, 6.07) is 7.43. The zero-order chi connectivity index (χ0) is 14.7. The van der Waals surface area contributed by atoms with Crippen molar-refractivity contribution in [3.8, 4) is 11.4 Å². The van der Waals surface area contributed by atoms with Crippen LogP contribution in [0.4, 0.5) is 0 Å². The average molecular weight is 306 g/mol. The first-order valence-electron chi connectivity index (χ1n) is 7.01. The predicted octanol–water partition coefficient (Wildman–Crippen LogP) is 2.80. The molecule has 0 bridgehead atoms. The van der Waals surface area contributed by atoms with Gasteiger partial charge in [0.05, 0.1) is 11.6 Å². The smallest absolute Gasteiger partial charge is 0.241 e. The normalized spacial score (nSPS) is 17.0. The molecule has 0 radical (unpaired) electrons. The summed E-state index contributed by atoms with van der Waals surface area (Å²) in [6.07, 6.45) is 2.85. The van der Waals surface area contributed by atoms with Gasteiger partial charge in [-0.05, 0) is 38.1 Å². The van der Waals surface area contributed by atoms with E-state index in [-0.39, 0.29) is 5.92 Å². The molecule has 2 heterocycles. The number of likely N-dealkylation sites (tertiary alicyclic amines) is 1. The monoisotopic (exact) mass is 305 g/mol. The minimum Gasteiger partial charge on any atom is -0.338 e. The molecule has 5 nitrogen and oxygen atoms in total. The highest BCUT2D eigenvalue weighted by Crippen LogP contribution is 2.25. The zero-order valence-electron chi connectivity index (χ0n) is 11.5. The summed E-state index contributed by atoms with van der Waals surface area (Å²) in [5, 5.41) is 4.60. The van der Waals surface area contributed by atoms with Gasteiger partial charge in [-0.3, -0.25) is 4.90 Å². The molecule has 6 heteroatoms. The Morgan fingerprint density at radius 3 is 2.81 bits per heavy atom. The van der Waals surface area contributed by atoms with E-state index in [9.17, 15) is 4.79 Å². The second-order valence-electron chi connectivity index (χ2n) is 5.24. The van der Waals surface area contributed by atoms with E-state index in [0.29, 0.717) is 23.3 Å². The molecule has 110 valence electrons. The molecule has 1 fully saturated rings. The van der Waals surface area contributed by atoms with E-state index >= 15 is 0 Å². The lowest BCUT2D eigenvalue weighted by Crippen LogP contribution is -2.33. The molecule has 0 aliphatic carbocycles. The summed E-state index contributed by atoms with van der Waals surface area (Å²) >= 11 is 6.13. The standard InChI is InChI=1S/C15H16ClN3O2/c16-13-4-2-1-3-12(13)15-17-14(21-18-15)9-19-7-5-11(10-20)6-8-19/h1-4,10-11H,5-9H2. The Hall–Kier alpha value is -1.72. The van der Waals surface area contributed by atoms with Crippen LogP contribution in [0.15, 0.2) is 28.8 Å². The number of hydrogen-bond donors (Lipinski definition) is 0. The van der Waals surface area contributed by atoms with Gasteiger partial charge in [0, 0.05) is 11.5 Å². The predicted molar refractivity (Wildman–Crippen MR) is 78.8 cm³/mol. The molecule has 0 unspecified atom stereocenters. The quantitative estimate of drug-likeness (QED) is 0.813. The SMILES string of the molecule is O=CC1CCN(Cc2nc(-c3ccccc3Cl)no2)CC1. The van der Waals surface area contributed by atoms with Crippen molar-refractivity contribution in [3.05, 3.63) is 35.2 Å². The molecule has 21 heavy (non-hydrogen) atoms. The molecule has 0 N–H and O–H groups in total. The molecular weight excluding hydrogens is 290 g/mol. The molecule has 1 aliphatic heterocycles. The van der Waals surface area contributed by atoms with Gasteiger partial charge in [0.15, 0.2) is 0 Å². The van der Waals surface area contributed by atoms with Crippen molar-refractivity contribution in [1.82, 2.24) is 15.0 Å². The minimum absolute atomic E-state index is 0.197. The van der Waals surface area contributed by atoms with Gasteiger partial charge in [-0.25, -0.2) is 0 Å². The zero-order valence-corrected chi connectivity index (χ0v) is 12.3. The minimum atomic E-state index is 0.197. The van der Waals surface area contributed by atoms with E-state index in [4.69, 9.17) is 16.1 Å². The first-order chi connectivity index (χ1) is 10.3. The number of carbonyl (C=O) groups excluding carboxylic acids is 1. The van der Waals surface area contributed by atoms with Crippen molar-refractivity contribution < 1.29 is 9.32 Å². The highest BCUT2D eigenvalue weighted by atomic mass is 35.5. The van der Waals surface area contributed by atoms with E-state index in [0.717, 1.165) is 37.8 Å². The number of carbonyl (C=O) groups is 1. The van der Waals surface area contributed by atoms with E-state index in [1.165, 1.54) is 0 Å². The Bertz CT molecular complexity index is 621. The van der Waals surface area contributed by atoms with Crippen LogP contribution in [0.1, 0.15) is 18.7 Å². The molecule has 1 aromatic carbocycles. The van der Waals surface area contributed by atoms with Gasteiger partial charge in [-0.15, -0.1) is 0 Å². The third kappa shape index (κ3) is 3.31. The molecule has 1 aromatic heterocycles. The number of benzene rings is 1. The molecule has 1 aliphatic rings. The summed E-state index contributed by atoms with van der Waals surface area (Å²) in [5.74, 6) is 1.29. The first kappa shape index (κ1) is 14.2.